The lowest BCUT2D eigenvalue weighted by Crippen LogP contribution is -2.06. The summed E-state index contributed by atoms with van der Waals surface area (Å²) in [6, 6.07) is 4.92. The quantitative estimate of drug-likeness (QED) is 0.789. The van der Waals surface area contributed by atoms with Gasteiger partial charge in [-0.25, -0.2) is 9.59 Å². The monoisotopic (exact) mass is 283 g/mol. The minimum Gasteiger partial charge on any atom is -0.478 e. The van der Waals surface area contributed by atoms with Crippen LogP contribution in [0, 0.1) is 0 Å². The molecule has 0 fully saturated rings. The Morgan fingerprint density at radius 2 is 1.88 bits per heavy atom. The highest BCUT2D eigenvalue weighted by molar-refractivity contribution is 9.10. The van der Waals surface area contributed by atoms with Crippen molar-refractivity contribution in [2.45, 2.75) is 0 Å². The van der Waals surface area contributed by atoms with Gasteiger partial charge in [0.15, 0.2) is 0 Å². The van der Waals surface area contributed by atoms with Crippen molar-refractivity contribution < 1.29 is 19.8 Å². The zero-order chi connectivity index (χ0) is 11.9. The van der Waals surface area contributed by atoms with Gasteiger partial charge in [-0.05, 0) is 22.0 Å². The summed E-state index contributed by atoms with van der Waals surface area (Å²) in [5.41, 5.74) is -0.0597. The minimum absolute atomic E-state index is 0.219. The van der Waals surface area contributed by atoms with Gasteiger partial charge in [-0.2, -0.15) is 0 Å². The average Bonchev–Trinajstić information content (AvgIpc) is 2.58. The van der Waals surface area contributed by atoms with E-state index < -0.39 is 11.9 Å². The lowest BCUT2D eigenvalue weighted by molar-refractivity contribution is 0.0650. The first-order valence-electron chi connectivity index (χ1n) is 4.29. The van der Waals surface area contributed by atoms with Gasteiger partial charge in [0.2, 0.25) is 0 Å². The van der Waals surface area contributed by atoms with Crippen LogP contribution >= 0.6 is 15.9 Å². The van der Waals surface area contributed by atoms with Gasteiger partial charge in [-0.3, -0.25) is 0 Å². The number of carboxylic acids is 2. The second-order valence-electron chi connectivity index (χ2n) is 3.15. The van der Waals surface area contributed by atoms with Crippen molar-refractivity contribution in [3.05, 3.63) is 33.9 Å². The number of benzene rings is 1. The topological polar surface area (TPSA) is 90.4 Å². The van der Waals surface area contributed by atoms with E-state index in [0.29, 0.717) is 15.4 Å². The molecule has 2 rings (SSSR count). The van der Waals surface area contributed by atoms with Gasteiger partial charge >= 0.3 is 11.9 Å². The summed E-state index contributed by atoms with van der Waals surface area (Å²) >= 11 is 3.23. The van der Waals surface area contributed by atoms with Crippen molar-refractivity contribution in [1.82, 2.24) is 4.98 Å². The van der Waals surface area contributed by atoms with E-state index in [4.69, 9.17) is 10.2 Å². The highest BCUT2D eigenvalue weighted by Crippen LogP contribution is 2.28. The molecule has 0 saturated heterocycles. The van der Waals surface area contributed by atoms with Crippen molar-refractivity contribution in [2.24, 2.45) is 0 Å². The van der Waals surface area contributed by atoms with E-state index in [1.807, 2.05) is 0 Å². The number of aromatic amines is 1. The molecular weight excluding hydrogens is 278 g/mol. The van der Waals surface area contributed by atoms with Gasteiger partial charge in [-0.15, -0.1) is 0 Å². The van der Waals surface area contributed by atoms with E-state index in [1.54, 1.807) is 18.2 Å². The Balaban J connectivity index is 2.92. The van der Waals surface area contributed by atoms with Gasteiger partial charge in [0.05, 0.1) is 11.1 Å². The number of halogens is 1. The SMILES string of the molecule is O=C(O)c1[nH]c2c(Br)cccc2c1C(=O)O. The molecule has 1 heterocycles. The summed E-state index contributed by atoms with van der Waals surface area (Å²) in [5.74, 6) is -2.55. The van der Waals surface area contributed by atoms with Crippen LogP contribution in [0.5, 0.6) is 0 Å². The van der Waals surface area contributed by atoms with Crippen LogP contribution in [0.15, 0.2) is 22.7 Å². The smallest absolute Gasteiger partial charge is 0.353 e. The third kappa shape index (κ3) is 1.47. The largest absolute Gasteiger partial charge is 0.478 e. The Kier molecular flexibility index (Phi) is 2.43. The fourth-order valence-electron chi connectivity index (χ4n) is 1.56. The highest BCUT2D eigenvalue weighted by Gasteiger charge is 2.22. The Hall–Kier alpha value is -1.82. The molecule has 0 aliphatic carbocycles. The van der Waals surface area contributed by atoms with Crippen LogP contribution in [0.2, 0.25) is 0 Å². The molecule has 0 unspecified atom stereocenters. The molecule has 0 spiro atoms. The number of fused-ring (bicyclic) bond motifs is 1. The predicted octanol–water partition coefficient (Wildman–Crippen LogP) is 2.33. The number of carboxylic acid groups (broad SMARTS) is 2. The Morgan fingerprint density at radius 1 is 1.19 bits per heavy atom. The third-order valence-corrected chi connectivity index (χ3v) is 2.87. The molecular formula is C10H6BrNO4. The lowest BCUT2D eigenvalue weighted by Gasteiger charge is -1.94. The lowest BCUT2D eigenvalue weighted by atomic mass is 10.1. The van der Waals surface area contributed by atoms with Crippen LogP contribution in [0.1, 0.15) is 20.8 Å². The van der Waals surface area contributed by atoms with Gasteiger partial charge < -0.3 is 15.2 Å². The van der Waals surface area contributed by atoms with Crippen LogP contribution < -0.4 is 0 Å². The molecule has 6 heteroatoms. The molecule has 0 amide bonds. The summed E-state index contributed by atoms with van der Waals surface area (Å²) in [6.45, 7) is 0. The van der Waals surface area contributed by atoms with Gasteiger partial charge in [0.25, 0.3) is 0 Å². The molecule has 82 valence electrons. The molecule has 0 atom stereocenters. The molecule has 0 aliphatic heterocycles. The Bertz CT molecular complexity index is 602. The molecule has 5 nitrogen and oxygen atoms in total. The van der Waals surface area contributed by atoms with Crippen LogP contribution in [-0.4, -0.2) is 27.1 Å². The first-order valence-corrected chi connectivity index (χ1v) is 5.08. The Labute approximate surface area is 97.8 Å². The maximum Gasteiger partial charge on any atom is 0.353 e. The summed E-state index contributed by atoms with van der Waals surface area (Å²) in [6.07, 6.45) is 0. The fourth-order valence-corrected chi connectivity index (χ4v) is 2.03. The number of carbonyl (C=O) groups is 2. The summed E-state index contributed by atoms with van der Waals surface area (Å²) in [4.78, 5) is 24.5. The molecule has 1 aromatic heterocycles. The predicted molar refractivity (Wildman–Crippen MR) is 59.9 cm³/mol. The number of nitrogens with one attached hydrogen (secondary N) is 1. The number of aromatic carboxylic acids is 2. The summed E-state index contributed by atoms with van der Waals surface area (Å²) < 4.78 is 0.625. The van der Waals surface area contributed by atoms with Crippen molar-refractivity contribution in [1.29, 1.82) is 0 Å². The number of para-hydroxylation sites is 1. The highest BCUT2D eigenvalue weighted by atomic mass is 79.9. The van der Waals surface area contributed by atoms with Crippen LogP contribution in [0.3, 0.4) is 0 Å². The molecule has 3 N–H and O–H groups in total. The number of hydrogen-bond donors (Lipinski definition) is 3. The van der Waals surface area contributed by atoms with Crippen LogP contribution in [0.25, 0.3) is 10.9 Å². The zero-order valence-corrected chi connectivity index (χ0v) is 9.41. The molecule has 0 saturated carbocycles. The fraction of sp³-hybridized carbons (Fsp3) is 0. The second kappa shape index (κ2) is 3.64. The van der Waals surface area contributed by atoms with E-state index in [1.165, 1.54) is 0 Å². The first kappa shape index (κ1) is 10.7. The van der Waals surface area contributed by atoms with Gasteiger partial charge in [0, 0.05) is 9.86 Å². The minimum atomic E-state index is -1.29. The summed E-state index contributed by atoms with van der Waals surface area (Å²) in [5, 5.41) is 18.3. The Morgan fingerprint density at radius 3 is 2.44 bits per heavy atom. The van der Waals surface area contributed by atoms with E-state index in [-0.39, 0.29) is 11.3 Å². The zero-order valence-electron chi connectivity index (χ0n) is 7.82. The number of H-pyrrole nitrogens is 1. The molecule has 0 aliphatic rings. The maximum atomic E-state index is 11.0. The third-order valence-electron chi connectivity index (χ3n) is 2.21. The average molecular weight is 284 g/mol. The van der Waals surface area contributed by atoms with Crippen LogP contribution in [0.4, 0.5) is 0 Å². The van der Waals surface area contributed by atoms with Gasteiger partial charge in [0.1, 0.15) is 5.69 Å². The van der Waals surface area contributed by atoms with Gasteiger partial charge in [-0.1, -0.05) is 12.1 Å². The van der Waals surface area contributed by atoms with Crippen LogP contribution in [-0.2, 0) is 0 Å². The number of aromatic nitrogens is 1. The van der Waals surface area contributed by atoms with E-state index in [2.05, 4.69) is 20.9 Å². The van der Waals surface area contributed by atoms with Crippen molar-refractivity contribution in [3.63, 3.8) is 0 Å². The molecule has 0 bridgehead atoms. The van der Waals surface area contributed by atoms with E-state index >= 15 is 0 Å². The van der Waals surface area contributed by atoms with Crippen molar-refractivity contribution in [2.75, 3.05) is 0 Å². The van der Waals surface area contributed by atoms with Crippen molar-refractivity contribution >= 4 is 38.8 Å². The number of rotatable bonds is 2. The normalized spacial score (nSPS) is 10.6. The molecule has 1 aromatic carbocycles. The summed E-state index contributed by atoms with van der Waals surface area (Å²) in [7, 11) is 0. The number of hydrogen-bond acceptors (Lipinski definition) is 2. The van der Waals surface area contributed by atoms with Crippen molar-refractivity contribution in [3.8, 4) is 0 Å². The van der Waals surface area contributed by atoms with E-state index in [9.17, 15) is 9.59 Å². The molecule has 2 aromatic rings. The second-order valence-corrected chi connectivity index (χ2v) is 4.00. The standard InChI is InChI=1S/C10H6BrNO4/c11-5-3-1-2-4-6(9(13)14)8(10(15)16)12-7(4)5/h1-3,12H,(H,13,14)(H,15,16). The van der Waals surface area contributed by atoms with E-state index in [0.717, 1.165) is 0 Å². The maximum absolute atomic E-state index is 11.0. The molecule has 16 heavy (non-hydrogen) atoms. The molecule has 0 radical (unpaired) electrons. The first-order chi connectivity index (χ1) is 7.52.